The molecule has 6 heteroatoms. The van der Waals surface area contributed by atoms with Crippen LogP contribution in [0.4, 0.5) is 0 Å². The molecule has 0 fully saturated rings. The largest absolute Gasteiger partial charge is 0.461 e. The maximum absolute atomic E-state index is 11.8. The minimum absolute atomic E-state index is 0.274. The van der Waals surface area contributed by atoms with Crippen molar-refractivity contribution in [3.05, 3.63) is 50.6 Å². The van der Waals surface area contributed by atoms with Gasteiger partial charge in [0.1, 0.15) is 11.3 Å². The normalized spacial score (nSPS) is 11.0. The summed E-state index contributed by atoms with van der Waals surface area (Å²) in [5.41, 5.74) is 1.20. The zero-order valence-electron chi connectivity index (χ0n) is 11.3. The van der Waals surface area contributed by atoms with Crippen molar-refractivity contribution in [2.45, 2.75) is 13.3 Å². The Bertz CT molecular complexity index is 793. The lowest BCUT2D eigenvalue weighted by molar-refractivity contribution is 0.0499. The number of furan rings is 1. The Morgan fingerprint density at radius 3 is 3.05 bits per heavy atom. The molecule has 108 valence electrons. The van der Waals surface area contributed by atoms with Gasteiger partial charge in [-0.15, -0.1) is 11.3 Å². The topological polar surface area (TPSA) is 52.3 Å². The number of halogens is 1. The molecule has 0 saturated carbocycles. The number of carbonyl (C=O) groups excluding carboxylic acids is 1. The van der Waals surface area contributed by atoms with Crippen LogP contribution >= 0.6 is 27.3 Å². The number of aryl methyl sites for hydroxylation is 1. The number of rotatable bonds is 4. The number of aromatic nitrogens is 1. The Kier molecular flexibility index (Phi) is 4.07. The summed E-state index contributed by atoms with van der Waals surface area (Å²) in [7, 11) is 0. The molecule has 0 radical (unpaired) electrons. The van der Waals surface area contributed by atoms with Crippen molar-refractivity contribution in [1.29, 1.82) is 0 Å². The summed E-state index contributed by atoms with van der Waals surface area (Å²) in [6, 6.07) is 7.79. The van der Waals surface area contributed by atoms with E-state index in [0.717, 1.165) is 26.2 Å². The first-order valence-electron chi connectivity index (χ1n) is 6.39. The van der Waals surface area contributed by atoms with E-state index in [-0.39, 0.29) is 6.61 Å². The highest BCUT2D eigenvalue weighted by molar-refractivity contribution is 9.10. The average Bonchev–Trinajstić information content (AvgIpc) is 3.04. The first kappa shape index (κ1) is 14.3. The van der Waals surface area contributed by atoms with Crippen LogP contribution in [0.15, 0.2) is 38.5 Å². The number of esters is 1. The molecule has 0 unspecified atom stereocenters. The van der Waals surface area contributed by atoms with Gasteiger partial charge in [-0.1, -0.05) is 15.9 Å². The third-order valence-electron chi connectivity index (χ3n) is 2.94. The van der Waals surface area contributed by atoms with Crippen molar-refractivity contribution < 1.29 is 13.9 Å². The highest BCUT2D eigenvalue weighted by Gasteiger charge is 2.11. The minimum atomic E-state index is -0.391. The second-order valence-electron chi connectivity index (χ2n) is 4.53. The Morgan fingerprint density at radius 1 is 1.43 bits per heavy atom. The van der Waals surface area contributed by atoms with E-state index in [1.807, 2.05) is 31.2 Å². The van der Waals surface area contributed by atoms with Gasteiger partial charge in [0.25, 0.3) is 0 Å². The predicted molar refractivity (Wildman–Crippen MR) is 84.8 cm³/mol. The van der Waals surface area contributed by atoms with Crippen LogP contribution in [-0.2, 0) is 11.2 Å². The average molecular weight is 366 g/mol. The molecule has 0 amide bonds. The molecule has 0 bridgehead atoms. The quantitative estimate of drug-likeness (QED) is 0.644. The van der Waals surface area contributed by atoms with Crippen molar-refractivity contribution in [2.75, 3.05) is 6.61 Å². The van der Waals surface area contributed by atoms with Gasteiger partial charge < -0.3 is 9.15 Å². The molecule has 2 heterocycles. The van der Waals surface area contributed by atoms with Crippen molar-refractivity contribution in [3.63, 3.8) is 0 Å². The summed E-state index contributed by atoms with van der Waals surface area (Å²) in [5, 5.41) is 3.58. The lowest BCUT2D eigenvalue weighted by Crippen LogP contribution is -2.08. The van der Waals surface area contributed by atoms with Crippen LogP contribution in [0.2, 0.25) is 0 Å². The highest BCUT2D eigenvalue weighted by Crippen LogP contribution is 2.23. The lowest BCUT2D eigenvalue weighted by atomic mass is 10.2. The van der Waals surface area contributed by atoms with Gasteiger partial charge in [-0.3, -0.25) is 0 Å². The zero-order valence-corrected chi connectivity index (χ0v) is 13.7. The van der Waals surface area contributed by atoms with Crippen molar-refractivity contribution in [3.8, 4) is 0 Å². The van der Waals surface area contributed by atoms with E-state index >= 15 is 0 Å². The molecule has 3 rings (SSSR count). The van der Waals surface area contributed by atoms with E-state index in [2.05, 4.69) is 20.9 Å². The van der Waals surface area contributed by atoms with Gasteiger partial charge in [0.05, 0.1) is 11.6 Å². The van der Waals surface area contributed by atoms with Gasteiger partial charge in [-0.25, -0.2) is 9.78 Å². The number of fused-ring (bicyclic) bond motifs is 1. The van der Waals surface area contributed by atoms with Crippen LogP contribution in [0.3, 0.4) is 0 Å². The zero-order chi connectivity index (χ0) is 14.8. The fourth-order valence-corrected chi connectivity index (χ4v) is 2.93. The van der Waals surface area contributed by atoms with Gasteiger partial charge in [0.2, 0.25) is 0 Å². The predicted octanol–water partition coefficient (Wildman–Crippen LogP) is 4.36. The van der Waals surface area contributed by atoms with Crippen LogP contribution in [-0.4, -0.2) is 17.6 Å². The molecule has 0 saturated heterocycles. The molecule has 21 heavy (non-hydrogen) atoms. The summed E-state index contributed by atoms with van der Waals surface area (Å²) in [6.07, 6.45) is 0.543. The molecule has 3 aromatic rings. The van der Waals surface area contributed by atoms with Crippen molar-refractivity contribution in [1.82, 2.24) is 4.98 Å². The fraction of sp³-hybridized carbons (Fsp3) is 0.200. The number of hydrogen-bond acceptors (Lipinski definition) is 5. The minimum Gasteiger partial charge on any atom is -0.461 e. The van der Waals surface area contributed by atoms with E-state index in [9.17, 15) is 4.79 Å². The molecule has 0 aliphatic rings. The van der Waals surface area contributed by atoms with Crippen molar-refractivity contribution >= 4 is 44.2 Å². The van der Waals surface area contributed by atoms with Gasteiger partial charge in [0, 0.05) is 21.7 Å². The number of benzene rings is 1. The molecule has 0 aliphatic carbocycles. The number of thiazole rings is 1. The summed E-state index contributed by atoms with van der Waals surface area (Å²) in [4.78, 5) is 15.8. The molecule has 0 spiro atoms. The van der Waals surface area contributed by atoms with E-state index in [0.29, 0.717) is 12.1 Å². The van der Waals surface area contributed by atoms with Gasteiger partial charge in [0.15, 0.2) is 5.69 Å². The summed E-state index contributed by atoms with van der Waals surface area (Å²) < 4.78 is 11.9. The molecule has 0 aliphatic heterocycles. The fourth-order valence-electron chi connectivity index (χ4n) is 1.97. The first-order chi connectivity index (χ1) is 10.1. The van der Waals surface area contributed by atoms with Crippen LogP contribution in [0, 0.1) is 6.92 Å². The molecule has 4 nitrogen and oxygen atoms in total. The third kappa shape index (κ3) is 3.33. The smallest absolute Gasteiger partial charge is 0.357 e. The number of ether oxygens (including phenoxy) is 1. The van der Waals surface area contributed by atoms with Crippen molar-refractivity contribution in [2.24, 2.45) is 0 Å². The maximum Gasteiger partial charge on any atom is 0.357 e. The summed E-state index contributed by atoms with van der Waals surface area (Å²) in [5.74, 6) is 0.406. The Labute approximate surface area is 133 Å². The molecular formula is C15H12BrNO3S. The number of hydrogen-bond donors (Lipinski definition) is 0. The van der Waals surface area contributed by atoms with Gasteiger partial charge in [-0.2, -0.15) is 0 Å². The molecule has 1 aromatic carbocycles. The maximum atomic E-state index is 11.8. The van der Waals surface area contributed by atoms with E-state index < -0.39 is 5.97 Å². The highest BCUT2D eigenvalue weighted by atomic mass is 79.9. The van der Waals surface area contributed by atoms with E-state index in [1.165, 1.54) is 11.3 Å². The van der Waals surface area contributed by atoms with Crippen LogP contribution in [0.5, 0.6) is 0 Å². The third-order valence-corrected chi connectivity index (χ3v) is 4.21. The standard InChI is InChI=1S/C15H12BrNO3S/c1-9-17-13(8-21-9)15(18)19-5-4-12-7-10-6-11(16)2-3-14(10)20-12/h2-3,6-8H,4-5H2,1H3. The van der Waals surface area contributed by atoms with Crippen LogP contribution in [0.25, 0.3) is 11.0 Å². The van der Waals surface area contributed by atoms with Gasteiger partial charge in [-0.05, 0) is 31.2 Å². The van der Waals surface area contributed by atoms with Crippen LogP contribution < -0.4 is 0 Å². The number of nitrogens with zero attached hydrogens (tertiary/aromatic N) is 1. The van der Waals surface area contributed by atoms with E-state index in [4.69, 9.17) is 9.15 Å². The Morgan fingerprint density at radius 2 is 2.29 bits per heavy atom. The molecular weight excluding hydrogens is 354 g/mol. The molecule has 2 aromatic heterocycles. The summed E-state index contributed by atoms with van der Waals surface area (Å²) in [6.45, 7) is 2.13. The monoisotopic (exact) mass is 365 g/mol. The first-order valence-corrected chi connectivity index (χ1v) is 8.06. The SMILES string of the molecule is Cc1nc(C(=O)OCCc2cc3cc(Br)ccc3o2)cs1. The summed E-state index contributed by atoms with van der Waals surface area (Å²) >= 11 is 4.86. The van der Waals surface area contributed by atoms with Crippen LogP contribution in [0.1, 0.15) is 21.3 Å². The Hall–Kier alpha value is -1.66. The Balaban J connectivity index is 1.60. The second-order valence-corrected chi connectivity index (χ2v) is 6.51. The molecule has 0 N–H and O–H groups in total. The number of carbonyl (C=O) groups is 1. The lowest BCUT2D eigenvalue weighted by Gasteiger charge is -2.00. The second kappa shape index (κ2) is 5.99. The van der Waals surface area contributed by atoms with E-state index in [1.54, 1.807) is 5.38 Å². The molecule has 0 atom stereocenters. The van der Waals surface area contributed by atoms with Gasteiger partial charge >= 0.3 is 5.97 Å².